The first kappa shape index (κ1) is 10.4. The fourth-order valence-electron chi connectivity index (χ4n) is 2.34. The topological polar surface area (TPSA) is 42.1 Å². The molecule has 0 radical (unpaired) electrons. The van der Waals surface area contributed by atoms with Gasteiger partial charge in [-0.25, -0.2) is 4.98 Å². The molecule has 1 fully saturated rings. The Morgan fingerprint density at radius 2 is 2.07 bits per heavy atom. The Kier molecular flexibility index (Phi) is 2.91. The van der Waals surface area contributed by atoms with Crippen LogP contribution in [0.15, 0.2) is 12.3 Å². The maximum atomic E-state index is 5.66. The van der Waals surface area contributed by atoms with Gasteiger partial charge in [0.25, 0.3) is 0 Å². The van der Waals surface area contributed by atoms with Crippen LogP contribution < -0.4 is 5.73 Å². The van der Waals surface area contributed by atoms with Gasteiger partial charge in [0.2, 0.25) is 0 Å². The smallest absolute Gasteiger partial charge is 0.123 e. The number of pyridine rings is 1. The van der Waals surface area contributed by atoms with E-state index in [2.05, 4.69) is 23.9 Å². The second-order valence-corrected chi connectivity index (χ2v) is 4.54. The Morgan fingerprint density at radius 3 is 2.67 bits per heavy atom. The van der Waals surface area contributed by atoms with Crippen molar-refractivity contribution in [3.05, 3.63) is 23.4 Å². The number of rotatable bonds is 1. The predicted molar refractivity (Wildman–Crippen MR) is 62.9 cm³/mol. The first-order valence-electron chi connectivity index (χ1n) is 5.57. The molecule has 0 amide bonds. The first-order chi connectivity index (χ1) is 7.16. The molecule has 1 aliphatic heterocycles. The molecule has 3 nitrogen and oxygen atoms in total. The molecule has 0 atom stereocenters. The van der Waals surface area contributed by atoms with Crippen LogP contribution in [0.1, 0.15) is 29.9 Å². The number of hydrogen-bond acceptors (Lipinski definition) is 3. The molecule has 0 spiro atoms. The number of hydrogen-bond donors (Lipinski definition) is 1. The van der Waals surface area contributed by atoms with Crippen LogP contribution in [0, 0.1) is 6.92 Å². The average molecular weight is 205 g/mol. The molecule has 1 saturated heterocycles. The van der Waals surface area contributed by atoms with Crippen LogP contribution in [-0.2, 0) is 0 Å². The van der Waals surface area contributed by atoms with Crippen LogP contribution >= 0.6 is 0 Å². The highest BCUT2D eigenvalue weighted by Crippen LogP contribution is 2.29. The van der Waals surface area contributed by atoms with E-state index in [9.17, 15) is 0 Å². The predicted octanol–water partition coefficient (Wildman–Crippen LogP) is 1.78. The van der Waals surface area contributed by atoms with Crippen LogP contribution in [0.2, 0.25) is 0 Å². The number of piperidine rings is 1. The SMILES string of the molecule is Cc1cc(N)ncc1C1CCN(C)CC1. The van der Waals surface area contributed by atoms with Gasteiger partial charge in [0.1, 0.15) is 5.82 Å². The molecule has 0 saturated carbocycles. The van der Waals surface area contributed by atoms with E-state index in [0.717, 1.165) is 0 Å². The summed E-state index contributed by atoms with van der Waals surface area (Å²) in [5.74, 6) is 1.30. The Labute approximate surface area is 91.3 Å². The molecule has 0 aromatic carbocycles. The van der Waals surface area contributed by atoms with Crippen molar-refractivity contribution in [3.63, 3.8) is 0 Å². The molecule has 0 aliphatic carbocycles. The number of nitrogens with zero attached hydrogens (tertiary/aromatic N) is 2. The summed E-state index contributed by atoms with van der Waals surface area (Å²) in [7, 11) is 2.18. The van der Waals surface area contributed by atoms with Crippen LogP contribution in [0.5, 0.6) is 0 Å². The van der Waals surface area contributed by atoms with Crippen LogP contribution in [0.4, 0.5) is 5.82 Å². The zero-order valence-electron chi connectivity index (χ0n) is 9.53. The standard InChI is InChI=1S/C12H19N3/c1-9-7-12(13)14-8-11(9)10-3-5-15(2)6-4-10/h7-8,10H,3-6H2,1-2H3,(H2,13,14). The van der Waals surface area contributed by atoms with E-state index in [0.29, 0.717) is 11.7 Å². The summed E-state index contributed by atoms with van der Waals surface area (Å²) in [5.41, 5.74) is 8.34. The van der Waals surface area contributed by atoms with Crippen LogP contribution in [-0.4, -0.2) is 30.0 Å². The van der Waals surface area contributed by atoms with Gasteiger partial charge in [0, 0.05) is 6.20 Å². The minimum atomic E-state index is 0.629. The molecular weight excluding hydrogens is 186 g/mol. The quantitative estimate of drug-likeness (QED) is 0.760. The van der Waals surface area contributed by atoms with Crippen LogP contribution in [0.25, 0.3) is 0 Å². The molecular formula is C12H19N3. The summed E-state index contributed by atoms with van der Waals surface area (Å²) < 4.78 is 0. The van der Waals surface area contributed by atoms with Gasteiger partial charge in [-0.3, -0.25) is 0 Å². The second-order valence-electron chi connectivity index (χ2n) is 4.54. The minimum absolute atomic E-state index is 0.629. The summed E-state index contributed by atoms with van der Waals surface area (Å²) >= 11 is 0. The fourth-order valence-corrected chi connectivity index (χ4v) is 2.34. The lowest BCUT2D eigenvalue weighted by Gasteiger charge is -2.29. The van der Waals surface area contributed by atoms with Crippen molar-refractivity contribution in [1.29, 1.82) is 0 Å². The van der Waals surface area contributed by atoms with E-state index >= 15 is 0 Å². The molecule has 1 aromatic rings. The van der Waals surface area contributed by atoms with Gasteiger partial charge in [-0.2, -0.15) is 0 Å². The summed E-state index contributed by atoms with van der Waals surface area (Å²) in [4.78, 5) is 6.58. The molecule has 15 heavy (non-hydrogen) atoms. The van der Waals surface area contributed by atoms with E-state index in [-0.39, 0.29) is 0 Å². The number of nitrogens with two attached hydrogens (primary N) is 1. The summed E-state index contributed by atoms with van der Waals surface area (Å²) in [5, 5.41) is 0. The maximum absolute atomic E-state index is 5.66. The molecule has 2 N–H and O–H groups in total. The van der Waals surface area contributed by atoms with Crippen molar-refractivity contribution in [2.24, 2.45) is 0 Å². The number of likely N-dealkylation sites (tertiary alicyclic amines) is 1. The van der Waals surface area contributed by atoms with Crippen LogP contribution in [0.3, 0.4) is 0 Å². The van der Waals surface area contributed by atoms with Crippen molar-refractivity contribution in [2.45, 2.75) is 25.7 Å². The highest BCUT2D eigenvalue weighted by atomic mass is 15.1. The Balaban J connectivity index is 2.15. The highest BCUT2D eigenvalue weighted by molar-refractivity contribution is 5.38. The van der Waals surface area contributed by atoms with E-state index in [4.69, 9.17) is 5.73 Å². The Bertz CT molecular complexity index is 341. The molecule has 1 aliphatic rings. The third-order valence-corrected chi connectivity index (χ3v) is 3.33. The molecule has 3 heteroatoms. The highest BCUT2D eigenvalue weighted by Gasteiger charge is 2.19. The zero-order chi connectivity index (χ0) is 10.8. The summed E-state index contributed by atoms with van der Waals surface area (Å²) in [6.45, 7) is 4.51. The van der Waals surface area contributed by atoms with E-state index < -0.39 is 0 Å². The van der Waals surface area contributed by atoms with Gasteiger partial charge in [0.05, 0.1) is 0 Å². The lowest BCUT2D eigenvalue weighted by Crippen LogP contribution is -2.29. The maximum Gasteiger partial charge on any atom is 0.123 e. The number of aromatic nitrogens is 1. The molecule has 0 bridgehead atoms. The number of aryl methyl sites for hydroxylation is 1. The van der Waals surface area contributed by atoms with Crippen molar-refractivity contribution in [2.75, 3.05) is 25.9 Å². The monoisotopic (exact) mass is 205 g/mol. The average Bonchev–Trinajstić information content (AvgIpc) is 2.20. The van der Waals surface area contributed by atoms with Crippen molar-refractivity contribution in [3.8, 4) is 0 Å². The Morgan fingerprint density at radius 1 is 1.40 bits per heavy atom. The fraction of sp³-hybridized carbons (Fsp3) is 0.583. The second kappa shape index (κ2) is 4.19. The summed E-state index contributed by atoms with van der Waals surface area (Å²) in [6.07, 6.45) is 4.44. The number of anilines is 1. The largest absolute Gasteiger partial charge is 0.384 e. The molecule has 2 rings (SSSR count). The van der Waals surface area contributed by atoms with Gasteiger partial charge in [-0.1, -0.05) is 0 Å². The minimum Gasteiger partial charge on any atom is -0.384 e. The van der Waals surface area contributed by atoms with Gasteiger partial charge >= 0.3 is 0 Å². The van der Waals surface area contributed by atoms with Crippen molar-refractivity contribution >= 4 is 5.82 Å². The summed E-state index contributed by atoms with van der Waals surface area (Å²) in [6, 6.07) is 1.98. The zero-order valence-corrected chi connectivity index (χ0v) is 9.53. The lowest BCUT2D eigenvalue weighted by molar-refractivity contribution is 0.255. The van der Waals surface area contributed by atoms with Crippen molar-refractivity contribution < 1.29 is 0 Å². The first-order valence-corrected chi connectivity index (χ1v) is 5.57. The van der Waals surface area contributed by atoms with Gasteiger partial charge in [-0.15, -0.1) is 0 Å². The molecule has 0 unspecified atom stereocenters. The van der Waals surface area contributed by atoms with Gasteiger partial charge in [-0.05, 0) is 63.0 Å². The molecule has 1 aromatic heterocycles. The molecule has 82 valence electrons. The molecule has 2 heterocycles. The van der Waals surface area contributed by atoms with E-state index in [1.165, 1.54) is 37.1 Å². The van der Waals surface area contributed by atoms with Crippen molar-refractivity contribution in [1.82, 2.24) is 9.88 Å². The van der Waals surface area contributed by atoms with E-state index in [1.54, 1.807) is 0 Å². The van der Waals surface area contributed by atoms with E-state index in [1.807, 2.05) is 12.3 Å². The lowest BCUT2D eigenvalue weighted by atomic mass is 9.88. The normalized spacial score (nSPS) is 19.3. The third-order valence-electron chi connectivity index (χ3n) is 3.33. The Hall–Kier alpha value is -1.09. The van der Waals surface area contributed by atoms with Gasteiger partial charge in [0.15, 0.2) is 0 Å². The third kappa shape index (κ3) is 2.29. The van der Waals surface area contributed by atoms with Gasteiger partial charge < -0.3 is 10.6 Å². The number of nitrogen functional groups attached to an aromatic ring is 1.